The minimum Gasteiger partial charge on any atom is -0.481 e. The highest BCUT2D eigenvalue weighted by Gasteiger charge is 2.07. The first kappa shape index (κ1) is 14.5. The molecule has 0 saturated carbocycles. The lowest BCUT2D eigenvalue weighted by Gasteiger charge is -2.11. The maximum Gasteiger partial charge on any atom is 0.212 e. The Morgan fingerprint density at radius 3 is 2.15 bits per heavy atom. The largest absolute Gasteiger partial charge is 0.481 e. The zero-order valence-electron chi connectivity index (χ0n) is 12.0. The van der Waals surface area contributed by atoms with Crippen molar-refractivity contribution in [2.45, 2.75) is 32.3 Å². The van der Waals surface area contributed by atoms with Gasteiger partial charge in [-0.2, -0.15) is 0 Å². The van der Waals surface area contributed by atoms with Crippen LogP contribution in [0.4, 0.5) is 0 Å². The summed E-state index contributed by atoms with van der Waals surface area (Å²) in [4.78, 5) is 4.15. The first-order valence-electron chi connectivity index (χ1n) is 6.96. The Morgan fingerprint density at radius 2 is 1.60 bits per heavy atom. The maximum absolute atomic E-state index is 10.2. The van der Waals surface area contributed by atoms with Gasteiger partial charge in [0.15, 0.2) is 0 Å². The molecule has 0 saturated heterocycles. The molecular formula is C17H21NO2. The van der Waals surface area contributed by atoms with Crippen molar-refractivity contribution in [1.29, 1.82) is 0 Å². The molecule has 0 radical (unpaired) electrons. The molecule has 2 rings (SSSR count). The van der Waals surface area contributed by atoms with E-state index in [9.17, 15) is 5.11 Å². The second-order valence-corrected chi connectivity index (χ2v) is 4.94. The lowest BCUT2D eigenvalue weighted by Crippen LogP contribution is -2.14. The molecule has 1 aromatic carbocycles. The molecule has 0 aliphatic heterocycles. The van der Waals surface area contributed by atoms with Crippen molar-refractivity contribution in [3.05, 3.63) is 59.3 Å². The Morgan fingerprint density at radius 1 is 1.00 bits per heavy atom. The predicted molar refractivity (Wildman–Crippen MR) is 80.0 cm³/mol. The van der Waals surface area contributed by atoms with E-state index < -0.39 is 6.10 Å². The molecule has 20 heavy (non-hydrogen) atoms. The molecule has 0 amide bonds. The number of pyridine rings is 1. The van der Waals surface area contributed by atoms with E-state index in [-0.39, 0.29) is 0 Å². The summed E-state index contributed by atoms with van der Waals surface area (Å²) in [5.41, 5.74) is 3.50. The van der Waals surface area contributed by atoms with Gasteiger partial charge in [-0.1, -0.05) is 37.3 Å². The molecule has 1 heterocycles. The molecule has 3 heteroatoms. The fraction of sp³-hybridized carbons (Fsp3) is 0.353. The summed E-state index contributed by atoms with van der Waals surface area (Å²) in [6, 6.07) is 12.2. The number of ether oxygens (including phenoxy) is 1. The molecule has 3 nitrogen and oxygen atoms in total. The van der Waals surface area contributed by atoms with Gasteiger partial charge in [0.25, 0.3) is 0 Å². The van der Waals surface area contributed by atoms with Gasteiger partial charge in [0.1, 0.15) is 0 Å². The molecule has 0 spiro atoms. The van der Waals surface area contributed by atoms with Crippen LogP contribution in [0.25, 0.3) is 0 Å². The van der Waals surface area contributed by atoms with Crippen LogP contribution in [0.1, 0.15) is 23.6 Å². The molecular weight excluding hydrogens is 250 g/mol. The summed E-state index contributed by atoms with van der Waals surface area (Å²) >= 11 is 0. The van der Waals surface area contributed by atoms with E-state index in [0.717, 1.165) is 17.5 Å². The number of rotatable bonds is 6. The Labute approximate surface area is 120 Å². The zero-order chi connectivity index (χ0) is 14.4. The Bertz CT molecular complexity index is 470. The summed E-state index contributed by atoms with van der Waals surface area (Å²) in [6.45, 7) is 2.14. The maximum atomic E-state index is 10.2. The van der Waals surface area contributed by atoms with Gasteiger partial charge in [-0.25, -0.2) is 4.98 Å². The minimum atomic E-state index is -0.391. The molecule has 1 unspecified atom stereocenters. The SMILES string of the molecule is CCc1ccc(CC(O)Cc2ccc(OC)nc2)cc1. The average Bonchev–Trinajstić information content (AvgIpc) is 2.49. The monoisotopic (exact) mass is 271 g/mol. The summed E-state index contributed by atoms with van der Waals surface area (Å²) in [7, 11) is 1.59. The smallest absolute Gasteiger partial charge is 0.212 e. The van der Waals surface area contributed by atoms with Gasteiger partial charge in [0, 0.05) is 18.7 Å². The second kappa shape index (κ2) is 7.06. The topological polar surface area (TPSA) is 42.4 Å². The number of methoxy groups -OCH3 is 1. The van der Waals surface area contributed by atoms with E-state index in [1.165, 1.54) is 5.56 Å². The molecule has 1 aromatic heterocycles. The third-order valence-corrected chi connectivity index (χ3v) is 3.38. The molecule has 0 aliphatic carbocycles. The van der Waals surface area contributed by atoms with Gasteiger partial charge >= 0.3 is 0 Å². The Kier molecular flexibility index (Phi) is 5.13. The van der Waals surface area contributed by atoms with E-state index in [0.29, 0.717) is 18.7 Å². The van der Waals surface area contributed by atoms with Crippen molar-refractivity contribution in [2.24, 2.45) is 0 Å². The highest BCUT2D eigenvalue weighted by Crippen LogP contribution is 2.12. The average molecular weight is 271 g/mol. The molecule has 1 N–H and O–H groups in total. The van der Waals surface area contributed by atoms with Crippen LogP contribution in [0, 0.1) is 0 Å². The molecule has 2 aromatic rings. The van der Waals surface area contributed by atoms with E-state index in [1.807, 2.05) is 12.1 Å². The highest BCUT2D eigenvalue weighted by atomic mass is 16.5. The first-order chi connectivity index (χ1) is 9.71. The summed E-state index contributed by atoms with van der Waals surface area (Å²) in [5, 5.41) is 10.2. The lowest BCUT2D eigenvalue weighted by atomic mass is 10.0. The van der Waals surface area contributed by atoms with Crippen LogP contribution >= 0.6 is 0 Å². The molecule has 0 bridgehead atoms. The fourth-order valence-electron chi connectivity index (χ4n) is 2.18. The van der Waals surface area contributed by atoms with Crippen LogP contribution < -0.4 is 4.74 Å². The van der Waals surface area contributed by atoms with Gasteiger partial charge in [0.05, 0.1) is 13.2 Å². The van der Waals surface area contributed by atoms with Crippen molar-refractivity contribution < 1.29 is 9.84 Å². The van der Waals surface area contributed by atoms with Crippen molar-refractivity contribution >= 4 is 0 Å². The van der Waals surface area contributed by atoms with Crippen LogP contribution in [0.5, 0.6) is 5.88 Å². The number of nitrogens with zero attached hydrogens (tertiary/aromatic N) is 1. The summed E-state index contributed by atoms with van der Waals surface area (Å²) < 4.78 is 5.02. The van der Waals surface area contributed by atoms with Crippen LogP contribution in [0.2, 0.25) is 0 Å². The summed E-state index contributed by atoms with van der Waals surface area (Å²) in [5.74, 6) is 0.596. The second-order valence-electron chi connectivity index (χ2n) is 4.94. The van der Waals surface area contributed by atoms with Crippen molar-refractivity contribution in [1.82, 2.24) is 4.98 Å². The number of hydrogen-bond donors (Lipinski definition) is 1. The lowest BCUT2D eigenvalue weighted by molar-refractivity contribution is 0.175. The minimum absolute atomic E-state index is 0.391. The standard InChI is InChI=1S/C17H21NO2/c1-3-13-4-6-14(7-5-13)10-16(19)11-15-8-9-17(20-2)18-12-15/h4-9,12,16,19H,3,10-11H2,1-2H3. The molecule has 0 aliphatic rings. The van der Waals surface area contributed by atoms with Crippen LogP contribution in [-0.4, -0.2) is 23.3 Å². The van der Waals surface area contributed by atoms with Crippen LogP contribution in [0.15, 0.2) is 42.6 Å². The highest BCUT2D eigenvalue weighted by molar-refractivity contribution is 5.24. The van der Waals surface area contributed by atoms with E-state index >= 15 is 0 Å². The number of aliphatic hydroxyl groups excluding tert-OH is 1. The van der Waals surface area contributed by atoms with Gasteiger partial charge in [-0.3, -0.25) is 0 Å². The fourth-order valence-corrected chi connectivity index (χ4v) is 2.18. The molecule has 1 atom stereocenters. The van der Waals surface area contributed by atoms with Crippen molar-refractivity contribution in [2.75, 3.05) is 7.11 Å². The number of aliphatic hydroxyl groups is 1. The van der Waals surface area contributed by atoms with E-state index in [4.69, 9.17) is 4.74 Å². The quantitative estimate of drug-likeness (QED) is 0.878. The van der Waals surface area contributed by atoms with Crippen LogP contribution in [0.3, 0.4) is 0 Å². The number of hydrogen-bond acceptors (Lipinski definition) is 3. The molecule has 0 fully saturated rings. The first-order valence-corrected chi connectivity index (χ1v) is 6.96. The number of aryl methyl sites for hydroxylation is 1. The van der Waals surface area contributed by atoms with Crippen molar-refractivity contribution in [3.8, 4) is 5.88 Å². The van der Waals surface area contributed by atoms with E-state index in [2.05, 4.69) is 36.2 Å². The third kappa shape index (κ3) is 4.07. The van der Waals surface area contributed by atoms with Gasteiger partial charge in [0.2, 0.25) is 5.88 Å². The van der Waals surface area contributed by atoms with Crippen molar-refractivity contribution in [3.63, 3.8) is 0 Å². The third-order valence-electron chi connectivity index (χ3n) is 3.38. The molecule has 106 valence electrons. The van der Waals surface area contributed by atoms with Gasteiger partial charge < -0.3 is 9.84 Å². The number of aromatic nitrogens is 1. The Balaban J connectivity index is 1.91. The number of benzene rings is 1. The Hall–Kier alpha value is -1.87. The zero-order valence-corrected chi connectivity index (χ0v) is 12.0. The van der Waals surface area contributed by atoms with Gasteiger partial charge in [-0.15, -0.1) is 0 Å². The normalized spacial score (nSPS) is 12.2. The summed E-state index contributed by atoms with van der Waals surface area (Å²) in [6.07, 6.45) is 3.67. The van der Waals surface area contributed by atoms with Crippen LogP contribution in [-0.2, 0) is 19.3 Å². The van der Waals surface area contributed by atoms with E-state index in [1.54, 1.807) is 13.3 Å². The predicted octanol–water partition coefficient (Wildman–Crippen LogP) is 2.80. The van der Waals surface area contributed by atoms with Gasteiger partial charge in [-0.05, 0) is 29.5 Å².